The zero-order valence-electron chi connectivity index (χ0n) is 34.6. The first-order valence-corrected chi connectivity index (χ1v) is 19.9. The van der Waals surface area contributed by atoms with Crippen LogP contribution in [0.3, 0.4) is 0 Å². The lowest BCUT2D eigenvalue weighted by Crippen LogP contribution is -2.61. The molecule has 16 nitrogen and oxygen atoms in total. The molecule has 0 bridgehead atoms. The molecule has 320 valence electrons. The number of carbonyl (C=O) groups is 4. The Hall–Kier alpha value is -2.54. The van der Waals surface area contributed by atoms with Gasteiger partial charge < -0.3 is 62.5 Å². The number of likely N-dealkylation sites (N-methyl/N-ethyl adjacent to an activating group) is 1. The maximum absolute atomic E-state index is 13.3. The Morgan fingerprint density at radius 3 is 2.25 bits per heavy atom. The summed E-state index contributed by atoms with van der Waals surface area (Å²) >= 11 is 0. The number of fused-ring (bicyclic) bond motifs is 1. The molecule has 16 heteroatoms. The number of hydrogen-bond acceptors (Lipinski definition) is 16. The average molecular weight is 800 g/mol. The Bertz CT molecular complexity index is 1340. The molecule has 56 heavy (non-hydrogen) atoms. The van der Waals surface area contributed by atoms with Crippen molar-refractivity contribution in [1.82, 2.24) is 4.90 Å². The number of carbonyl (C=O) groups excluding carboxylic acids is 4. The summed E-state index contributed by atoms with van der Waals surface area (Å²) in [5.41, 5.74) is -1.42. The fraction of sp³-hybridized carbons (Fsp3) is 0.850. The lowest BCUT2D eigenvalue weighted by Gasteiger charge is -2.48. The number of rotatable bonds is 11. The number of esters is 3. The van der Waals surface area contributed by atoms with Crippen molar-refractivity contribution in [2.45, 2.75) is 185 Å². The molecule has 4 aliphatic rings. The smallest absolute Gasteiger partial charge is 0.309 e. The van der Waals surface area contributed by atoms with Gasteiger partial charge in [-0.2, -0.15) is 0 Å². The Kier molecular flexibility index (Phi) is 16.8. The van der Waals surface area contributed by atoms with Gasteiger partial charge in [-0.25, -0.2) is 0 Å². The van der Waals surface area contributed by atoms with Gasteiger partial charge in [0.05, 0.1) is 36.9 Å². The van der Waals surface area contributed by atoms with Gasteiger partial charge in [-0.05, 0) is 60.0 Å². The van der Waals surface area contributed by atoms with E-state index in [1.54, 1.807) is 39.8 Å². The van der Waals surface area contributed by atoms with Crippen molar-refractivity contribution in [2.75, 3.05) is 21.2 Å². The average Bonchev–Trinajstić information content (AvgIpc) is 3.85. The highest BCUT2D eigenvalue weighted by atomic mass is 16.7. The van der Waals surface area contributed by atoms with Gasteiger partial charge in [0, 0.05) is 52.2 Å². The van der Waals surface area contributed by atoms with Crippen molar-refractivity contribution < 1.29 is 72.0 Å². The maximum Gasteiger partial charge on any atom is 0.309 e. The molecule has 0 aromatic heterocycles. The predicted octanol–water partition coefficient (Wildman–Crippen LogP) is 2.62. The number of cyclic esters (lactones) is 1. The van der Waals surface area contributed by atoms with Gasteiger partial charge in [-0.1, -0.05) is 26.0 Å². The number of nitrogens with zero attached hydrogens (tertiary/aromatic N) is 1. The molecule has 3 saturated heterocycles. The third-order valence-corrected chi connectivity index (χ3v) is 11.2. The summed E-state index contributed by atoms with van der Waals surface area (Å²) in [6, 6.07) is -0.306. The molecule has 0 saturated carbocycles. The third kappa shape index (κ3) is 12.5. The zero-order valence-corrected chi connectivity index (χ0v) is 34.6. The van der Waals surface area contributed by atoms with Gasteiger partial charge in [-0.3, -0.25) is 14.4 Å². The van der Waals surface area contributed by atoms with Crippen molar-refractivity contribution in [3.8, 4) is 0 Å². The summed E-state index contributed by atoms with van der Waals surface area (Å²) in [4.78, 5) is 52.1. The van der Waals surface area contributed by atoms with Gasteiger partial charge in [0.15, 0.2) is 18.7 Å². The van der Waals surface area contributed by atoms with E-state index in [0.29, 0.717) is 12.8 Å². The van der Waals surface area contributed by atoms with Crippen LogP contribution >= 0.6 is 0 Å². The first kappa shape index (κ1) is 46.2. The topological polar surface area (TPSA) is 198 Å². The molecule has 0 radical (unpaired) electrons. The zero-order chi connectivity index (χ0) is 41.5. The van der Waals surface area contributed by atoms with Gasteiger partial charge in [0.25, 0.3) is 0 Å². The maximum atomic E-state index is 13.3. The molecule has 0 amide bonds. The van der Waals surface area contributed by atoms with E-state index in [9.17, 15) is 29.4 Å². The molecule has 0 aromatic carbocycles. The minimum absolute atomic E-state index is 0.00416. The van der Waals surface area contributed by atoms with Crippen LogP contribution in [0, 0.1) is 11.8 Å². The standard InChI is InChI=1S/C40H65NO15/c1-11-32(45)54-39-24(5)51-35(20-40(39,7)47)56-36-23(4)50-34(18-27(36)41(8)9)55-37-26(14-15-42)16-21(2)28(44)12-13-29-30(53-29)17-22(3)49-33(46)19-31(38(37)48-10)52-25(6)43/h12-13,15,21-24,26-31,34-39,44,47H,11,14,16-20H2,1-10H3. The molecule has 3 fully saturated rings. The molecule has 4 rings (SSSR count). The minimum Gasteiger partial charge on any atom is -0.462 e. The largest absolute Gasteiger partial charge is 0.462 e. The molecule has 17 atom stereocenters. The van der Waals surface area contributed by atoms with Crippen molar-refractivity contribution in [1.29, 1.82) is 0 Å². The number of aldehydes is 1. The number of ether oxygens (including phenoxy) is 9. The molecule has 0 aromatic rings. The van der Waals surface area contributed by atoms with Crippen LogP contribution in [0.5, 0.6) is 0 Å². The normalized spacial score (nSPS) is 42.6. The molecular weight excluding hydrogens is 734 g/mol. The van der Waals surface area contributed by atoms with Crippen LogP contribution in [-0.4, -0.2) is 152 Å². The van der Waals surface area contributed by atoms with Crippen LogP contribution in [0.4, 0.5) is 0 Å². The molecule has 4 heterocycles. The van der Waals surface area contributed by atoms with E-state index in [-0.39, 0.29) is 56.3 Å². The predicted molar refractivity (Wildman–Crippen MR) is 199 cm³/mol. The van der Waals surface area contributed by atoms with E-state index in [4.69, 9.17) is 42.6 Å². The summed E-state index contributed by atoms with van der Waals surface area (Å²) < 4.78 is 54.6. The Balaban J connectivity index is 1.62. The SMILES string of the molecule is CCC(=O)OC1C(C)OC(OC2C(C)OC(OC3C(CC=O)CC(C)C(O)C=CC4OC4CC(C)OC(=O)CC(OC(C)=O)C3OC)CC2N(C)C)CC1(C)O. The highest BCUT2D eigenvalue weighted by Gasteiger charge is 2.50. The Morgan fingerprint density at radius 2 is 1.64 bits per heavy atom. The van der Waals surface area contributed by atoms with Gasteiger partial charge in [0.2, 0.25) is 0 Å². The number of aliphatic hydroxyl groups is 2. The third-order valence-electron chi connectivity index (χ3n) is 11.2. The first-order valence-electron chi connectivity index (χ1n) is 19.9. The van der Waals surface area contributed by atoms with Crippen molar-refractivity contribution in [2.24, 2.45) is 11.8 Å². The Morgan fingerprint density at radius 1 is 0.964 bits per heavy atom. The molecule has 2 N–H and O–H groups in total. The van der Waals surface area contributed by atoms with Gasteiger partial charge >= 0.3 is 17.9 Å². The number of aliphatic hydroxyl groups excluding tert-OH is 1. The first-order chi connectivity index (χ1) is 26.4. The van der Waals surface area contributed by atoms with E-state index >= 15 is 0 Å². The van der Waals surface area contributed by atoms with Crippen molar-refractivity contribution in [3.05, 3.63) is 12.2 Å². The van der Waals surface area contributed by atoms with Crippen LogP contribution in [-0.2, 0) is 61.8 Å². The van der Waals surface area contributed by atoms with Crippen LogP contribution in [0.2, 0.25) is 0 Å². The second kappa shape index (κ2) is 20.4. The van der Waals surface area contributed by atoms with Crippen LogP contribution in [0.1, 0.15) is 93.4 Å². The Labute approximate surface area is 330 Å². The van der Waals surface area contributed by atoms with E-state index in [1.165, 1.54) is 14.0 Å². The van der Waals surface area contributed by atoms with E-state index in [0.717, 1.165) is 6.29 Å². The fourth-order valence-corrected chi connectivity index (χ4v) is 8.24. The quantitative estimate of drug-likeness (QED) is 0.102. The van der Waals surface area contributed by atoms with E-state index in [1.807, 2.05) is 32.8 Å². The summed E-state index contributed by atoms with van der Waals surface area (Å²) in [6.45, 7) is 11.7. The molecule has 17 unspecified atom stereocenters. The summed E-state index contributed by atoms with van der Waals surface area (Å²) in [7, 11) is 5.20. The van der Waals surface area contributed by atoms with Gasteiger partial charge in [0.1, 0.15) is 42.4 Å². The van der Waals surface area contributed by atoms with Crippen LogP contribution in [0.25, 0.3) is 0 Å². The lowest BCUT2D eigenvalue weighted by molar-refractivity contribution is -0.325. The van der Waals surface area contributed by atoms with Crippen LogP contribution < -0.4 is 0 Å². The van der Waals surface area contributed by atoms with E-state index < -0.39 is 96.9 Å². The highest BCUT2D eigenvalue weighted by molar-refractivity contribution is 5.72. The van der Waals surface area contributed by atoms with Crippen molar-refractivity contribution >= 4 is 24.2 Å². The fourth-order valence-electron chi connectivity index (χ4n) is 8.24. The minimum atomic E-state index is -1.42. The van der Waals surface area contributed by atoms with E-state index in [2.05, 4.69) is 0 Å². The highest BCUT2D eigenvalue weighted by Crippen LogP contribution is 2.38. The molecule has 0 aliphatic carbocycles. The van der Waals surface area contributed by atoms with Crippen molar-refractivity contribution in [3.63, 3.8) is 0 Å². The molecular formula is C40H65NO15. The molecule has 4 aliphatic heterocycles. The monoisotopic (exact) mass is 799 g/mol. The van der Waals surface area contributed by atoms with Crippen LogP contribution in [0.15, 0.2) is 12.2 Å². The summed E-state index contributed by atoms with van der Waals surface area (Å²) in [5, 5.41) is 22.5. The number of epoxide rings is 1. The summed E-state index contributed by atoms with van der Waals surface area (Å²) in [6.07, 6.45) is -4.20. The number of methoxy groups -OCH3 is 1. The second-order valence-electron chi connectivity index (χ2n) is 16.3. The number of hydrogen-bond donors (Lipinski definition) is 2. The lowest BCUT2D eigenvalue weighted by atomic mass is 9.82. The molecule has 0 spiro atoms. The van der Waals surface area contributed by atoms with Gasteiger partial charge in [-0.15, -0.1) is 0 Å². The second-order valence-corrected chi connectivity index (χ2v) is 16.3. The summed E-state index contributed by atoms with van der Waals surface area (Å²) in [5.74, 6) is -2.63.